The number of rotatable bonds is 3. The first-order chi connectivity index (χ1) is 10.2. The lowest BCUT2D eigenvalue weighted by Crippen LogP contribution is -2.41. The zero-order valence-corrected chi connectivity index (χ0v) is 12.4. The molecule has 21 heavy (non-hydrogen) atoms. The van der Waals surface area contributed by atoms with E-state index in [2.05, 4.69) is 15.2 Å². The second-order valence-electron chi connectivity index (χ2n) is 6.15. The Balaban J connectivity index is 1.69. The molecule has 1 amide bonds. The highest BCUT2D eigenvalue weighted by Gasteiger charge is 2.24. The summed E-state index contributed by atoms with van der Waals surface area (Å²) in [7, 11) is 0. The van der Waals surface area contributed by atoms with Crippen molar-refractivity contribution in [1.82, 2.24) is 10.3 Å². The zero-order chi connectivity index (χ0) is 14.7. The van der Waals surface area contributed by atoms with Crippen LogP contribution in [0.25, 0.3) is 0 Å². The normalized spacial score (nSPS) is 25.9. The Bertz CT molecular complexity index is 491. The van der Waals surface area contributed by atoms with Gasteiger partial charge in [0, 0.05) is 31.4 Å². The van der Waals surface area contributed by atoms with Gasteiger partial charge in [0.1, 0.15) is 5.82 Å². The maximum Gasteiger partial charge on any atom is 0.255 e. The van der Waals surface area contributed by atoms with Gasteiger partial charge in [-0.05, 0) is 50.7 Å². The molecule has 2 fully saturated rings. The minimum absolute atomic E-state index is 0.00507. The molecule has 0 spiro atoms. The van der Waals surface area contributed by atoms with E-state index < -0.39 is 0 Å². The van der Waals surface area contributed by atoms with E-state index in [1.165, 1.54) is 12.8 Å². The first kappa shape index (κ1) is 14.3. The number of pyridine rings is 1. The SMILES string of the molecule is NC1CCC(NC(=O)c2cccnc2N2CCCC2)CC1. The van der Waals surface area contributed by atoms with Crippen molar-refractivity contribution in [2.75, 3.05) is 18.0 Å². The van der Waals surface area contributed by atoms with Gasteiger partial charge in [-0.25, -0.2) is 4.98 Å². The molecule has 1 aromatic heterocycles. The third-order valence-electron chi connectivity index (χ3n) is 4.54. The van der Waals surface area contributed by atoms with Gasteiger partial charge < -0.3 is 16.0 Å². The Morgan fingerprint density at radius 2 is 1.95 bits per heavy atom. The summed E-state index contributed by atoms with van der Waals surface area (Å²) in [5.41, 5.74) is 6.62. The molecule has 0 bridgehead atoms. The number of carbonyl (C=O) groups excluding carboxylic acids is 1. The van der Waals surface area contributed by atoms with E-state index >= 15 is 0 Å². The van der Waals surface area contributed by atoms with Crippen LogP contribution < -0.4 is 16.0 Å². The van der Waals surface area contributed by atoms with Crippen molar-refractivity contribution in [3.05, 3.63) is 23.9 Å². The van der Waals surface area contributed by atoms with E-state index in [1.54, 1.807) is 6.20 Å². The van der Waals surface area contributed by atoms with E-state index in [0.29, 0.717) is 11.6 Å². The maximum absolute atomic E-state index is 12.6. The summed E-state index contributed by atoms with van der Waals surface area (Å²) in [5.74, 6) is 0.838. The van der Waals surface area contributed by atoms with Crippen LogP contribution in [0.5, 0.6) is 0 Å². The maximum atomic E-state index is 12.6. The highest BCUT2D eigenvalue weighted by molar-refractivity contribution is 5.99. The fraction of sp³-hybridized carbons (Fsp3) is 0.625. The van der Waals surface area contributed by atoms with Crippen molar-refractivity contribution in [2.45, 2.75) is 50.6 Å². The Morgan fingerprint density at radius 3 is 2.67 bits per heavy atom. The number of aromatic nitrogens is 1. The van der Waals surface area contributed by atoms with Crippen LogP contribution in [0.1, 0.15) is 48.9 Å². The van der Waals surface area contributed by atoms with Gasteiger partial charge in [0.25, 0.3) is 5.91 Å². The van der Waals surface area contributed by atoms with E-state index in [0.717, 1.165) is 44.6 Å². The monoisotopic (exact) mass is 288 g/mol. The molecule has 0 radical (unpaired) electrons. The number of nitrogens with two attached hydrogens (primary N) is 1. The van der Waals surface area contributed by atoms with Crippen LogP contribution in [-0.4, -0.2) is 36.1 Å². The topological polar surface area (TPSA) is 71.2 Å². The molecular weight excluding hydrogens is 264 g/mol. The standard InChI is InChI=1S/C16H24N4O/c17-12-5-7-13(8-6-12)19-16(21)14-4-3-9-18-15(14)20-10-1-2-11-20/h3-4,9,12-13H,1-2,5-8,10-11,17H2,(H,19,21). The second kappa shape index (κ2) is 6.43. The molecule has 5 heteroatoms. The van der Waals surface area contributed by atoms with E-state index in [-0.39, 0.29) is 11.9 Å². The molecular formula is C16H24N4O. The van der Waals surface area contributed by atoms with Crippen molar-refractivity contribution in [1.29, 1.82) is 0 Å². The van der Waals surface area contributed by atoms with Crippen LogP contribution in [0.2, 0.25) is 0 Å². The van der Waals surface area contributed by atoms with Gasteiger partial charge in [-0.1, -0.05) is 0 Å². The first-order valence-corrected chi connectivity index (χ1v) is 8.00. The van der Waals surface area contributed by atoms with Crippen LogP contribution in [0.3, 0.4) is 0 Å². The van der Waals surface area contributed by atoms with Crippen LogP contribution in [0.15, 0.2) is 18.3 Å². The third kappa shape index (κ3) is 3.35. The molecule has 0 aromatic carbocycles. The predicted octanol–water partition coefficient (Wildman–Crippen LogP) is 1.68. The molecule has 2 aliphatic rings. The quantitative estimate of drug-likeness (QED) is 0.888. The number of hydrogen-bond acceptors (Lipinski definition) is 4. The summed E-state index contributed by atoms with van der Waals surface area (Å²) in [6.45, 7) is 1.99. The predicted molar refractivity (Wildman–Crippen MR) is 83.4 cm³/mol. The molecule has 1 aliphatic carbocycles. The van der Waals surface area contributed by atoms with E-state index in [4.69, 9.17) is 5.73 Å². The number of nitrogens with one attached hydrogen (secondary N) is 1. The van der Waals surface area contributed by atoms with Gasteiger partial charge in [-0.2, -0.15) is 0 Å². The second-order valence-corrected chi connectivity index (χ2v) is 6.15. The fourth-order valence-corrected chi connectivity index (χ4v) is 3.28. The number of carbonyl (C=O) groups is 1. The third-order valence-corrected chi connectivity index (χ3v) is 4.54. The molecule has 3 N–H and O–H groups in total. The summed E-state index contributed by atoms with van der Waals surface area (Å²) in [4.78, 5) is 19.2. The lowest BCUT2D eigenvalue weighted by atomic mass is 9.91. The Labute approximate surface area is 125 Å². The smallest absolute Gasteiger partial charge is 0.255 e. The Morgan fingerprint density at radius 1 is 1.24 bits per heavy atom. The molecule has 2 heterocycles. The Hall–Kier alpha value is -1.62. The molecule has 1 aromatic rings. The lowest BCUT2D eigenvalue weighted by molar-refractivity contribution is 0.0926. The lowest BCUT2D eigenvalue weighted by Gasteiger charge is -2.27. The highest BCUT2D eigenvalue weighted by atomic mass is 16.1. The number of anilines is 1. The van der Waals surface area contributed by atoms with Gasteiger partial charge in [0.05, 0.1) is 5.56 Å². The van der Waals surface area contributed by atoms with Crippen LogP contribution in [0, 0.1) is 0 Å². The molecule has 1 saturated heterocycles. The van der Waals surface area contributed by atoms with Crippen molar-refractivity contribution >= 4 is 11.7 Å². The van der Waals surface area contributed by atoms with Crippen molar-refractivity contribution in [3.63, 3.8) is 0 Å². The minimum Gasteiger partial charge on any atom is -0.356 e. The highest BCUT2D eigenvalue weighted by Crippen LogP contribution is 2.23. The summed E-state index contributed by atoms with van der Waals surface area (Å²) in [6.07, 6.45) is 8.08. The van der Waals surface area contributed by atoms with E-state index in [9.17, 15) is 4.79 Å². The molecule has 3 rings (SSSR count). The number of nitrogens with zero attached hydrogens (tertiary/aromatic N) is 2. The van der Waals surface area contributed by atoms with Gasteiger partial charge in [-0.3, -0.25) is 4.79 Å². The summed E-state index contributed by atoms with van der Waals surface area (Å²) < 4.78 is 0. The number of hydrogen-bond donors (Lipinski definition) is 2. The Kier molecular flexibility index (Phi) is 4.39. The summed E-state index contributed by atoms with van der Waals surface area (Å²) in [5, 5.41) is 3.16. The van der Waals surface area contributed by atoms with Crippen LogP contribution in [0.4, 0.5) is 5.82 Å². The van der Waals surface area contributed by atoms with Crippen molar-refractivity contribution in [3.8, 4) is 0 Å². The summed E-state index contributed by atoms with van der Waals surface area (Å²) >= 11 is 0. The average Bonchev–Trinajstić information content (AvgIpc) is 3.04. The molecule has 1 saturated carbocycles. The van der Waals surface area contributed by atoms with Gasteiger partial charge in [-0.15, -0.1) is 0 Å². The van der Waals surface area contributed by atoms with Crippen LogP contribution >= 0.6 is 0 Å². The summed E-state index contributed by atoms with van der Waals surface area (Å²) in [6, 6.07) is 4.27. The van der Waals surface area contributed by atoms with Crippen molar-refractivity contribution in [2.24, 2.45) is 5.73 Å². The van der Waals surface area contributed by atoms with Crippen molar-refractivity contribution < 1.29 is 4.79 Å². The molecule has 5 nitrogen and oxygen atoms in total. The fourth-order valence-electron chi connectivity index (χ4n) is 3.28. The largest absolute Gasteiger partial charge is 0.356 e. The first-order valence-electron chi connectivity index (χ1n) is 8.00. The molecule has 1 aliphatic heterocycles. The van der Waals surface area contributed by atoms with Crippen LogP contribution in [-0.2, 0) is 0 Å². The average molecular weight is 288 g/mol. The zero-order valence-electron chi connectivity index (χ0n) is 12.4. The molecule has 0 unspecified atom stereocenters. The van der Waals surface area contributed by atoms with Gasteiger partial charge >= 0.3 is 0 Å². The molecule has 0 atom stereocenters. The minimum atomic E-state index is 0.00507. The number of amides is 1. The van der Waals surface area contributed by atoms with Gasteiger partial charge in [0.2, 0.25) is 0 Å². The van der Waals surface area contributed by atoms with E-state index in [1.807, 2.05) is 12.1 Å². The molecule has 114 valence electrons. The van der Waals surface area contributed by atoms with Gasteiger partial charge in [0.15, 0.2) is 0 Å².